The van der Waals surface area contributed by atoms with Crippen LogP contribution in [0.4, 0.5) is 8.78 Å². The summed E-state index contributed by atoms with van der Waals surface area (Å²) in [5.41, 5.74) is 0.724. The highest BCUT2D eigenvalue weighted by molar-refractivity contribution is 6.31. The van der Waals surface area contributed by atoms with Crippen LogP contribution < -0.4 is 0 Å². The second-order valence-corrected chi connectivity index (χ2v) is 4.81. The highest BCUT2D eigenvalue weighted by Gasteiger charge is 2.09. The number of nitriles is 1. The van der Waals surface area contributed by atoms with Gasteiger partial charge < -0.3 is 0 Å². The van der Waals surface area contributed by atoms with Crippen LogP contribution in [-0.2, 0) is 0 Å². The van der Waals surface area contributed by atoms with Gasteiger partial charge in [0.1, 0.15) is 11.6 Å². The van der Waals surface area contributed by atoms with E-state index in [1.54, 1.807) is 0 Å². The van der Waals surface area contributed by atoms with Crippen LogP contribution in [0.15, 0.2) is 36.4 Å². The Morgan fingerprint density at radius 2 is 1.80 bits per heavy atom. The van der Waals surface area contributed by atoms with Gasteiger partial charge in [0.25, 0.3) is 0 Å². The number of nitrogens with zero attached hydrogens (tertiary/aromatic N) is 1. The van der Waals surface area contributed by atoms with Crippen molar-refractivity contribution in [2.45, 2.75) is 0 Å². The lowest BCUT2D eigenvalue weighted by molar-refractivity contribution is 0.624. The second kappa shape index (κ2) is 6.04. The summed E-state index contributed by atoms with van der Waals surface area (Å²) in [7, 11) is 0. The second-order valence-electron chi connectivity index (χ2n) is 3.97. The summed E-state index contributed by atoms with van der Waals surface area (Å²) in [4.78, 5) is 0. The molecule has 0 atom stereocenters. The van der Waals surface area contributed by atoms with E-state index in [0.29, 0.717) is 5.56 Å². The Balaban J connectivity index is 2.49. The summed E-state index contributed by atoms with van der Waals surface area (Å²) in [6, 6.07) is 9.93. The number of hydrogen-bond acceptors (Lipinski definition) is 1. The van der Waals surface area contributed by atoms with E-state index in [9.17, 15) is 8.78 Å². The molecule has 0 saturated carbocycles. The van der Waals surface area contributed by atoms with E-state index < -0.39 is 11.6 Å². The molecule has 0 unspecified atom stereocenters. The molecule has 5 heteroatoms. The molecule has 2 aromatic carbocycles. The number of benzene rings is 2. The Morgan fingerprint density at radius 1 is 1.05 bits per heavy atom. The third-order valence-corrected chi connectivity index (χ3v) is 3.12. The first kappa shape index (κ1) is 14.5. The van der Waals surface area contributed by atoms with Crippen molar-refractivity contribution in [1.82, 2.24) is 0 Å². The highest BCUT2D eigenvalue weighted by atomic mass is 35.5. The van der Waals surface area contributed by atoms with E-state index in [1.807, 2.05) is 6.07 Å². The summed E-state index contributed by atoms with van der Waals surface area (Å²) >= 11 is 11.3. The molecule has 0 spiro atoms. The molecule has 0 radical (unpaired) electrons. The van der Waals surface area contributed by atoms with Crippen molar-refractivity contribution in [3.8, 4) is 6.07 Å². The maximum absolute atomic E-state index is 13.8. The highest BCUT2D eigenvalue weighted by Crippen LogP contribution is 2.25. The van der Waals surface area contributed by atoms with E-state index in [-0.39, 0.29) is 21.2 Å². The molecule has 0 N–H and O–H groups in total. The van der Waals surface area contributed by atoms with Gasteiger partial charge in [0, 0.05) is 10.6 Å². The fourth-order valence-corrected chi connectivity index (χ4v) is 1.99. The average Bonchev–Trinajstić information content (AvgIpc) is 2.41. The predicted molar refractivity (Wildman–Crippen MR) is 76.3 cm³/mol. The summed E-state index contributed by atoms with van der Waals surface area (Å²) in [6.07, 6.45) is 1.43. The van der Waals surface area contributed by atoms with Crippen LogP contribution in [0, 0.1) is 23.0 Å². The molecule has 0 aliphatic carbocycles. The first-order valence-corrected chi connectivity index (χ1v) is 6.29. The lowest BCUT2D eigenvalue weighted by atomic mass is 10.0. The van der Waals surface area contributed by atoms with Crippen LogP contribution in [0.2, 0.25) is 10.0 Å². The molecule has 0 aromatic heterocycles. The van der Waals surface area contributed by atoms with Crippen molar-refractivity contribution >= 4 is 34.9 Å². The zero-order valence-electron chi connectivity index (χ0n) is 10.0. The minimum atomic E-state index is -0.599. The average molecular weight is 310 g/mol. The van der Waals surface area contributed by atoms with Crippen molar-refractivity contribution in [2.75, 3.05) is 0 Å². The van der Waals surface area contributed by atoms with Crippen LogP contribution in [0.25, 0.3) is 11.6 Å². The van der Waals surface area contributed by atoms with Crippen molar-refractivity contribution in [3.05, 3.63) is 69.2 Å². The fourth-order valence-electron chi connectivity index (χ4n) is 1.65. The van der Waals surface area contributed by atoms with Crippen LogP contribution in [0.3, 0.4) is 0 Å². The van der Waals surface area contributed by atoms with E-state index in [4.69, 9.17) is 28.5 Å². The largest absolute Gasteiger partial charge is 0.206 e. The van der Waals surface area contributed by atoms with E-state index in [0.717, 1.165) is 6.07 Å². The van der Waals surface area contributed by atoms with Crippen LogP contribution in [0.1, 0.15) is 11.1 Å². The third kappa shape index (κ3) is 3.16. The summed E-state index contributed by atoms with van der Waals surface area (Å²) in [6.45, 7) is 0. The monoisotopic (exact) mass is 309 g/mol. The first-order valence-electron chi connectivity index (χ1n) is 5.53. The standard InChI is InChI=1S/C15H7Cl2F2N/c16-11-2-3-12(15(19)7-11)10(8-20)5-9-1-4-14(18)13(17)6-9/h1-7H. The number of halogens is 4. The zero-order chi connectivity index (χ0) is 14.7. The Bertz CT molecular complexity index is 733. The molecular weight excluding hydrogens is 303 g/mol. The summed E-state index contributed by atoms with van der Waals surface area (Å²) < 4.78 is 26.8. The first-order chi connectivity index (χ1) is 9.51. The van der Waals surface area contributed by atoms with Crippen LogP contribution in [-0.4, -0.2) is 0 Å². The Kier molecular flexibility index (Phi) is 4.39. The van der Waals surface area contributed by atoms with Crippen molar-refractivity contribution in [1.29, 1.82) is 5.26 Å². The molecule has 20 heavy (non-hydrogen) atoms. The number of rotatable bonds is 2. The minimum Gasteiger partial charge on any atom is -0.206 e. The number of hydrogen-bond donors (Lipinski definition) is 0. The SMILES string of the molecule is N#CC(=Cc1ccc(F)c(Cl)c1)c1ccc(Cl)cc1F. The molecule has 0 fully saturated rings. The molecule has 0 aliphatic rings. The van der Waals surface area contributed by atoms with Gasteiger partial charge in [-0.15, -0.1) is 0 Å². The molecule has 0 aliphatic heterocycles. The predicted octanol–water partition coefficient (Wildman–Crippen LogP) is 5.34. The van der Waals surface area contributed by atoms with Gasteiger partial charge in [-0.3, -0.25) is 0 Å². The van der Waals surface area contributed by atoms with Crippen LogP contribution in [0.5, 0.6) is 0 Å². The molecule has 0 saturated heterocycles. The summed E-state index contributed by atoms with van der Waals surface area (Å²) in [5.74, 6) is -1.15. The van der Waals surface area contributed by atoms with Crippen molar-refractivity contribution in [3.63, 3.8) is 0 Å². The lowest BCUT2D eigenvalue weighted by Gasteiger charge is -2.03. The van der Waals surface area contributed by atoms with E-state index >= 15 is 0 Å². The van der Waals surface area contributed by atoms with Gasteiger partial charge in [0.05, 0.1) is 16.7 Å². The fraction of sp³-hybridized carbons (Fsp3) is 0. The smallest absolute Gasteiger partial charge is 0.141 e. The molecule has 1 nitrogen and oxygen atoms in total. The van der Waals surface area contributed by atoms with E-state index in [1.165, 1.54) is 36.4 Å². The molecule has 0 amide bonds. The topological polar surface area (TPSA) is 23.8 Å². The molecule has 0 bridgehead atoms. The minimum absolute atomic E-state index is 0.0624. The Hall–Kier alpha value is -1.89. The van der Waals surface area contributed by atoms with Gasteiger partial charge in [0.2, 0.25) is 0 Å². The molecule has 2 aromatic rings. The van der Waals surface area contributed by atoms with Gasteiger partial charge in [-0.1, -0.05) is 29.3 Å². The van der Waals surface area contributed by atoms with Gasteiger partial charge in [-0.2, -0.15) is 5.26 Å². The van der Waals surface area contributed by atoms with Gasteiger partial charge in [-0.05, 0) is 42.0 Å². The molecule has 2 rings (SSSR count). The zero-order valence-corrected chi connectivity index (χ0v) is 11.5. The third-order valence-electron chi connectivity index (χ3n) is 2.60. The normalized spacial score (nSPS) is 11.2. The van der Waals surface area contributed by atoms with Gasteiger partial charge in [-0.25, -0.2) is 8.78 Å². The molecular formula is C15H7Cl2F2N. The Morgan fingerprint density at radius 3 is 2.40 bits per heavy atom. The molecule has 0 heterocycles. The van der Waals surface area contributed by atoms with Crippen molar-refractivity contribution < 1.29 is 8.78 Å². The maximum atomic E-state index is 13.8. The maximum Gasteiger partial charge on any atom is 0.141 e. The Labute approximate surface area is 124 Å². The quantitative estimate of drug-likeness (QED) is 0.543. The van der Waals surface area contributed by atoms with E-state index in [2.05, 4.69) is 0 Å². The number of allylic oxidation sites excluding steroid dienone is 1. The van der Waals surface area contributed by atoms with Gasteiger partial charge in [0.15, 0.2) is 0 Å². The molecule has 100 valence electrons. The lowest BCUT2D eigenvalue weighted by Crippen LogP contribution is -1.88. The van der Waals surface area contributed by atoms with Crippen molar-refractivity contribution in [2.24, 2.45) is 0 Å². The summed E-state index contributed by atoms with van der Waals surface area (Å²) in [5, 5.41) is 9.31. The van der Waals surface area contributed by atoms with Gasteiger partial charge >= 0.3 is 0 Å². The van der Waals surface area contributed by atoms with Crippen LogP contribution >= 0.6 is 23.2 Å².